The van der Waals surface area contributed by atoms with E-state index in [0.29, 0.717) is 11.3 Å². The zero-order valence-corrected chi connectivity index (χ0v) is 17.8. The van der Waals surface area contributed by atoms with Gasteiger partial charge in [0.2, 0.25) is 0 Å². The maximum Gasteiger partial charge on any atom is 0.335 e. The van der Waals surface area contributed by atoms with Crippen molar-refractivity contribution in [3.05, 3.63) is 82.3 Å². The fourth-order valence-corrected chi connectivity index (χ4v) is 3.67. The topological polar surface area (TPSA) is 84.3 Å². The lowest BCUT2D eigenvalue weighted by atomic mass is 10.1. The predicted octanol–water partition coefficient (Wildman–Crippen LogP) is 3.77. The van der Waals surface area contributed by atoms with Crippen LogP contribution < -0.4 is 10.2 Å². The molecule has 7 nitrogen and oxygen atoms in total. The van der Waals surface area contributed by atoms with E-state index in [9.17, 15) is 14.4 Å². The zero-order valence-electron chi connectivity index (χ0n) is 17.8. The number of nitrogens with one attached hydrogen (secondary N) is 1. The average Bonchev–Trinajstić information content (AvgIpc) is 2.99. The number of carbonyl (C=O) groups excluding carboxylic acids is 3. The molecular weight excluding hydrogens is 392 g/mol. The molecule has 4 amide bonds. The molecule has 156 valence electrons. The largest absolute Gasteiger partial charge is 0.335 e. The highest BCUT2D eigenvalue weighted by Gasteiger charge is 2.37. The van der Waals surface area contributed by atoms with E-state index < -0.39 is 17.8 Å². The molecule has 1 fully saturated rings. The van der Waals surface area contributed by atoms with E-state index in [1.54, 1.807) is 30.5 Å². The Hall–Kier alpha value is -4.00. The highest BCUT2D eigenvalue weighted by molar-refractivity contribution is 6.39. The number of rotatable bonds is 3. The van der Waals surface area contributed by atoms with Gasteiger partial charge in [-0.1, -0.05) is 17.7 Å². The lowest BCUT2D eigenvalue weighted by Crippen LogP contribution is -2.54. The molecule has 4 rings (SSSR count). The summed E-state index contributed by atoms with van der Waals surface area (Å²) in [6.45, 7) is 7.74. The minimum atomic E-state index is -0.759. The molecule has 3 heterocycles. The molecule has 1 saturated heterocycles. The molecular formula is C24H22N4O3. The average molecular weight is 414 g/mol. The van der Waals surface area contributed by atoms with Crippen LogP contribution in [0.5, 0.6) is 0 Å². The smallest absolute Gasteiger partial charge is 0.303 e. The van der Waals surface area contributed by atoms with Crippen LogP contribution in [-0.2, 0) is 9.59 Å². The number of barbiturate groups is 1. The number of amides is 4. The Morgan fingerprint density at radius 1 is 0.903 bits per heavy atom. The van der Waals surface area contributed by atoms with Gasteiger partial charge in [0, 0.05) is 17.6 Å². The summed E-state index contributed by atoms with van der Waals surface area (Å²) in [5.74, 6) is -0.608. The van der Waals surface area contributed by atoms with Gasteiger partial charge in [-0.05, 0) is 75.2 Å². The predicted molar refractivity (Wildman–Crippen MR) is 118 cm³/mol. The van der Waals surface area contributed by atoms with Gasteiger partial charge in [0.25, 0.3) is 11.8 Å². The SMILES string of the molecule is Cc1ccc(N2C(=O)NC(=O)/C(=C\c3cc(C)n(-c4cc(C)ccn4)c3C)C2=O)cc1. The number of nitrogens with zero attached hydrogens (tertiary/aromatic N) is 3. The van der Waals surface area contributed by atoms with Crippen LogP contribution in [0.4, 0.5) is 10.5 Å². The van der Waals surface area contributed by atoms with Crippen LogP contribution in [0.1, 0.15) is 28.1 Å². The molecule has 3 aromatic rings. The first-order valence-electron chi connectivity index (χ1n) is 9.86. The van der Waals surface area contributed by atoms with E-state index in [1.807, 2.05) is 50.5 Å². The molecule has 0 unspecified atom stereocenters. The molecule has 1 N–H and O–H groups in total. The Morgan fingerprint density at radius 3 is 2.29 bits per heavy atom. The summed E-state index contributed by atoms with van der Waals surface area (Å²) in [5, 5.41) is 2.26. The molecule has 0 bridgehead atoms. The molecule has 31 heavy (non-hydrogen) atoms. The fraction of sp³-hybridized carbons (Fsp3) is 0.167. The maximum atomic E-state index is 13.1. The van der Waals surface area contributed by atoms with Crippen LogP contribution in [-0.4, -0.2) is 27.4 Å². The van der Waals surface area contributed by atoms with Crippen LogP contribution in [0.25, 0.3) is 11.9 Å². The maximum absolute atomic E-state index is 13.1. The second-order valence-corrected chi connectivity index (χ2v) is 7.65. The lowest BCUT2D eigenvalue weighted by molar-refractivity contribution is -0.122. The van der Waals surface area contributed by atoms with Crippen LogP contribution >= 0.6 is 0 Å². The van der Waals surface area contributed by atoms with E-state index in [1.165, 1.54) is 6.08 Å². The van der Waals surface area contributed by atoms with Crippen LogP contribution in [0.2, 0.25) is 0 Å². The Balaban J connectivity index is 1.76. The second kappa shape index (κ2) is 7.68. The monoisotopic (exact) mass is 414 g/mol. The Morgan fingerprint density at radius 2 is 1.61 bits per heavy atom. The number of imide groups is 2. The first-order chi connectivity index (χ1) is 14.8. The number of urea groups is 1. The number of carbonyl (C=O) groups is 3. The molecule has 2 aromatic heterocycles. The van der Waals surface area contributed by atoms with Gasteiger partial charge < -0.3 is 4.57 Å². The third kappa shape index (κ3) is 3.66. The zero-order chi connectivity index (χ0) is 22.3. The highest BCUT2D eigenvalue weighted by atomic mass is 16.2. The van der Waals surface area contributed by atoms with Gasteiger partial charge in [0.15, 0.2) is 0 Å². The molecule has 0 saturated carbocycles. The summed E-state index contributed by atoms with van der Waals surface area (Å²) in [7, 11) is 0. The Labute approximate surface area is 180 Å². The van der Waals surface area contributed by atoms with E-state index in [-0.39, 0.29) is 5.57 Å². The summed E-state index contributed by atoms with van der Waals surface area (Å²) in [5.41, 5.74) is 4.83. The number of hydrogen-bond acceptors (Lipinski definition) is 4. The van der Waals surface area contributed by atoms with E-state index in [0.717, 1.165) is 33.2 Å². The van der Waals surface area contributed by atoms with Crippen molar-refractivity contribution in [1.82, 2.24) is 14.9 Å². The van der Waals surface area contributed by atoms with Crippen molar-refractivity contribution < 1.29 is 14.4 Å². The van der Waals surface area contributed by atoms with E-state index >= 15 is 0 Å². The van der Waals surface area contributed by atoms with Gasteiger partial charge >= 0.3 is 6.03 Å². The normalized spacial score (nSPS) is 15.5. The van der Waals surface area contributed by atoms with Crippen molar-refractivity contribution in [3.63, 3.8) is 0 Å². The molecule has 1 aliphatic heterocycles. The minimum absolute atomic E-state index is 0.0994. The van der Waals surface area contributed by atoms with Crippen LogP contribution in [0, 0.1) is 27.7 Å². The number of benzene rings is 1. The molecule has 0 radical (unpaired) electrons. The molecule has 1 aromatic carbocycles. The Bertz CT molecular complexity index is 1250. The van der Waals surface area contributed by atoms with Crippen molar-refractivity contribution in [1.29, 1.82) is 0 Å². The van der Waals surface area contributed by atoms with Crippen LogP contribution in [0.3, 0.4) is 0 Å². The van der Waals surface area contributed by atoms with Gasteiger partial charge in [-0.15, -0.1) is 0 Å². The second-order valence-electron chi connectivity index (χ2n) is 7.65. The van der Waals surface area contributed by atoms with Gasteiger partial charge in [-0.25, -0.2) is 14.7 Å². The van der Waals surface area contributed by atoms with Crippen molar-refractivity contribution in [2.45, 2.75) is 27.7 Å². The minimum Gasteiger partial charge on any atom is -0.303 e. The number of pyridine rings is 1. The van der Waals surface area contributed by atoms with E-state index in [4.69, 9.17) is 0 Å². The van der Waals surface area contributed by atoms with Gasteiger partial charge in [-0.2, -0.15) is 0 Å². The first kappa shape index (κ1) is 20.3. The van der Waals surface area contributed by atoms with Crippen molar-refractivity contribution >= 4 is 29.6 Å². The van der Waals surface area contributed by atoms with Crippen molar-refractivity contribution in [2.24, 2.45) is 0 Å². The summed E-state index contributed by atoms with van der Waals surface area (Å²) in [6.07, 6.45) is 3.27. The van der Waals surface area contributed by atoms with Gasteiger partial charge in [-0.3, -0.25) is 14.9 Å². The standard InChI is InChI=1S/C24H22N4O3/c1-14-5-7-19(8-6-14)28-23(30)20(22(29)26-24(28)31)13-18-12-16(3)27(17(18)4)21-11-15(2)9-10-25-21/h5-13H,1-4H3,(H,26,29,31)/b20-13+. The summed E-state index contributed by atoms with van der Waals surface area (Å²) in [6, 6.07) is 12.0. The van der Waals surface area contributed by atoms with E-state index in [2.05, 4.69) is 10.3 Å². The highest BCUT2D eigenvalue weighted by Crippen LogP contribution is 2.26. The number of anilines is 1. The van der Waals surface area contributed by atoms with Crippen molar-refractivity contribution in [3.8, 4) is 5.82 Å². The number of aromatic nitrogens is 2. The number of aryl methyl sites for hydroxylation is 3. The summed E-state index contributed by atoms with van der Waals surface area (Å²) < 4.78 is 1.97. The molecule has 1 aliphatic rings. The van der Waals surface area contributed by atoms with Crippen molar-refractivity contribution in [2.75, 3.05) is 4.90 Å². The summed E-state index contributed by atoms with van der Waals surface area (Å²) >= 11 is 0. The molecule has 0 atom stereocenters. The quantitative estimate of drug-likeness (QED) is 0.522. The third-order valence-electron chi connectivity index (χ3n) is 5.29. The Kier molecular flexibility index (Phi) is 5.02. The molecule has 0 spiro atoms. The lowest BCUT2D eigenvalue weighted by Gasteiger charge is -2.26. The fourth-order valence-electron chi connectivity index (χ4n) is 3.67. The van der Waals surface area contributed by atoms with Gasteiger partial charge in [0.1, 0.15) is 11.4 Å². The summed E-state index contributed by atoms with van der Waals surface area (Å²) in [4.78, 5) is 43.4. The van der Waals surface area contributed by atoms with Crippen LogP contribution in [0.15, 0.2) is 54.2 Å². The molecule has 7 heteroatoms. The van der Waals surface area contributed by atoms with Gasteiger partial charge in [0.05, 0.1) is 5.69 Å². The third-order valence-corrected chi connectivity index (χ3v) is 5.29. The molecule has 0 aliphatic carbocycles. The first-order valence-corrected chi connectivity index (χ1v) is 9.86. The number of hydrogen-bond donors (Lipinski definition) is 1.